The molecule has 0 unspecified atom stereocenters. The first-order valence-electron chi connectivity index (χ1n) is 9.53. The summed E-state index contributed by atoms with van der Waals surface area (Å²) < 4.78 is 0. The predicted octanol–water partition coefficient (Wildman–Crippen LogP) is 3.36. The lowest BCUT2D eigenvalue weighted by Crippen LogP contribution is -2.45. The van der Waals surface area contributed by atoms with E-state index in [2.05, 4.69) is 26.2 Å². The van der Waals surface area contributed by atoms with Gasteiger partial charge in [0.05, 0.1) is 17.8 Å². The molecule has 6 heteroatoms. The third kappa shape index (κ3) is 3.56. The van der Waals surface area contributed by atoms with Crippen LogP contribution in [0.5, 0.6) is 0 Å². The van der Waals surface area contributed by atoms with Crippen LogP contribution in [0.1, 0.15) is 25.0 Å². The molecule has 28 heavy (non-hydrogen) atoms. The van der Waals surface area contributed by atoms with Crippen LogP contribution in [0, 0.1) is 19.3 Å². The molecule has 3 aromatic heterocycles. The van der Waals surface area contributed by atoms with Crippen molar-refractivity contribution in [2.75, 3.05) is 18.4 Å². The largest absolute Gasteiger partial charge is 0.379 e. The molecule has 0 saturated carbocycles. The Labute approximate surface area is 164 Å². The lowest BCUT2D eigenvalue weighted by atomic mass is 10.0. The number of anilines is 1. The van der Waals surface area contributed by atoms with Gasteiger partial charge >= 0.3 is 0 Å². The van der Waals surface area contributed by atoms with Crippen LogP contribution in [0.25, 0.3) is 22.3 Å². The molecule has 1 amide bonds. The monoisotopic (exact) mass is 373 g/mol. The van der Waals surface area contributed by atoms with Crippen LogP contribution in [-0.2, 0) is 4.79 Å². The number of likely N-dealkylation sites (tertiary alicyclic amines) is 1. The molecular weight excluding hydrogens is 350 g/mol. The second-order valence-electron chi connectivity index (χ2n) is 7.16. The molecule has 2 N–H and O–H groups in total. The number of nitrogens with zero attached hydrogens (tertiary/aromatic N) is 3. The number of piperidine rings is 1. The number of hydrogen-bond donors (Lipinski definition) is 2. The van der Waals surface area contributed by atoms with Crippen molar-refractivity contribution < 1.29 is 4.79 Å². The summed E-state index contributed by atoms with van der Waals surface area (Å²) in [6.45, 7) is 3.39. The van der Waals surface area contributed by atoms with Crippen LogP contribution >= 0.6 is 0 Å². The van der Waals surface area contributed by atoms with E-state index in [-0.39, 0.29) is 18.4 Å². The van der Waals surface area contributed by atoms with Crippen molar-refractivity contribution >= 4 is 22.6 Å². The molecule has 142 valence electrons. The van der Waals surface area contributed by atoms with E-state index in [9.17, 15) is 4.79 Å². The SMILES string of the molecule is C#CCC(=O)N1CCC[C@@H](Nc2c(-c3cccc(C)n3)cnc3[nH]ccc23)C1. The van der Waals surface area contributed by atoms with Crippen LogP contribution in [-0.4, -0.2) is 44.9 Å². The van der Waals surface area contributed by atoms with Crippen molar-refractivity contribution in [3.05, 3.63) is 42.4 Å². The number of aryl methyl sites for hydroxylation is 1. The van der Waals surface area contributed by atoms with E-state index in [1.165, 1.54) is 0 Å². The van der Waals surface area contributed by atoms with Crippen LogP contribution in [0.4, 0.5) is 5.69 Å². The Bertz CT molecular complexity index is 1050. The molecule has 1 aliphatic heterocycles. The third-order valence-corrected chi connectivity index (χ3v) is 5.13. The highest BCUT2D eigenvalue weighted by Crippen LogP contribution is 2.33. The Morgan fingerprint density at radius 1 is 1.43 bits per heavy atom. The van der Waals surface area contributed by atoms with Crippen molar-refractivity contribution in [2.45, 2.75) is 32.2 Å². The molecule has 0 bridgehead atoms. The molecule has 0 aliphatic carbocycles. The molecule has 1 fully saturated rings. The molecule has 4 heterocycles. The average Bonchev–Trinajstić information content (AvgIpc) is 3.18. The molecular formula is C22H23N5O. The van der Waals surface area contributed by atoms with Gasteiger partial charge in [-0.15, -0.1) is 6.42 Å². The van der Waals surface area contributed by atoms with E-state index in [0.717, 1.165) is 53.1 Å². The fourth-order valence-electron chi connectivity index (χ4n) is 3.78. The minimum atomic E-state index is 0.0242. The predicted molar refractivity (Wildman–Crippen MR) is 111 cm³/mol. The lowest BCUT2D eigenvalue weighted by Gasteiger charge is -2.34. The van der Waals surface area contributed by atoms with Gasteiger partial charge in [0.2, 0.25) is 5.91 Å². The third-order valence-electron chi connectivity index (χ3n) is 5.13. The Hall–Kier alpha value is -3.33. The van der Waals surface area contributed by atoms with E-state index in [0.29, 0.717) is 6.54 Å². The maximum atomic E-state index is 12.2. The molecule has 1 atom stereocenters. The number of terminal acetylenes is 1. The lowest BCUT2D eigenvalue weighted by molar-refractivity contribution is -0.131. The molecule has 0 aromatic carbocycles. The molecule has 4 rings (SSSR count). The van der Waals surface area contributed by atoms with Crippen molar-refractivity contribution in [3.8, 4) is 23.6 Å². The first-order valence-corrected chi connectivity index (χ1v) is 9.53. The number of nitrogens with one attached hydrogen (secondary N) is 2. The van der Waals surface area contributed by atoms with Crippen molar-refractivity contribution in [2.24, 2.45) is 0 Å². The number of fused-ring (bicyclic) bond motifs is 1. The quantitative estimate of drug-likeness (QED) is 0.688. The number of pyridine rings is 2. The molecule has 1 aliphatic rings. The molecule has 0 radical (unpaired) electrons. The zero-order valence-corrected chi connectivity index (χ0v) is 15.9. The topological polar surface area (TPSA) is 73.9 Å². The van der Waals surface area contributed by atoms with Crippen LogP contribution in [0.15, 0.2) is 36.7 Å². The van der Waals surface area contributed by atoms with Crippen molar-refractivity contribution in [1.82, 2.24) is 19.9 Å². The number of carbonyl (C=O) groups is 1. The summed E-state index contributed by atoms with van der Waals surface area (Å²) >= 11 is 0. The maximum absolute atomic E-state index is 12.2. The molecule has 1 saturated heterocycles. The van der Waals surface area contributed by atoms with E-state index in [1.807, 2.05) is 48.5 Å². The zero-order valence-electron chi connectivity index (χ0n) is 15.9. The van der Waals surface area contributed by atoms with Gasteiger partial charge in [0.15, 0.2) is 0 Å². The number of carbonyl (C=O) groups excluding carboxylic acids is 1. The van der Waals surface area contributed by atoms with Gasteiger partial charge in [0.1, 0.15) is 5.65 Å². The highest BCUT2D eigenvalue weighted by molar-refractivity contribution is 5.97. The Morgan fingerprint density at radius 3 is 3.14 bits per heavy atom. The summed E-state index contributed by atoms with van der Waals surface area (Å²) in [7, 11) is 0. The van der Waals surface area contributed by atoms with Gasteiger partial charge in [-0.1, -0.05) is 12.0 Å². The molecule has 6 nitrogen and oxygen atoms in total. The number of hydrogen-bond acceptors (Lipinski definition) is 4. The van der Waals surface area contributed by atoms with Crippen molar-refractivity contribution in [3.63, 3.8) is 0 Å². The fraction of sp³-hybridized carbons (Fsp3) is 0.318. The van der Waals surface area contributed by atoms with Gasteiger partial charge in [0, 0.05) is 48.2 Å². The minimum Gasteiger partial charge on any atom is -0.379 e. The zero-order chi connectivity index (χ0) is 19.5. The number of aromatic nitrogens is 3. The summed E-state index contributed by atoms with van der Waals surface area (Å²) in [6.07, 6.45) is 11.2. The second kappa shape index (κ2) is 7.73. The summed E-state index contributed by atoms with van der Waals surface area (Å²) in [5.74, 6) is 2.48. The van der Waals surface area contributed by atoms with E-state index in [1.54, 1.807) is 0 Å². The first-order chi connectivity index (χ1) is 13.7. The van der Waals surface area contributed by atoms with Gasteiger partial charge < -0.3 is 15.2 Å². The summed E-state index contributed by atoms with van der Waals surface area (Å²) in [5.41, 5.74) is 4.63. The van der Waals surface area contributed by atoms with E-state index < -0.39 is 0 Å². The fourth-order valence-corrected chi connectivity index (χ4v) is 3.78. The summed E-state index contributed by atoms with van der Waals surface area (Å²) in [6, 6.07) is 8.16. The molecule has 0 spiro atoms. The summed E-state index contributed by atoms with van der Waals surface area (Å²) in [5, 5.41) is 4.70. The van der Waals surface area contributed by atoms with Gasteiger partial charge in [-0.25, -0.2) is 4.98 Å². The maximum Gasteiger partial charge on any atom is 0.234 e. The smallest absolute Gasteiger partial charge is 0.234 e. The first kappa shape index (κ1) is 18.1. The van der Waals surface area contributed by atoms with E-state index >= 15 is 0 Å². The van der Waals surface area contributed by atoms with Crippen molar-refractivity contribution in [1.29, 1.82) is 0 Å². The Morgan fingerprint density at radius 2 is 2.32 bits per heavy atom. The Kier molecular flexibility index (Phi) is 4.98. The number of rotatable bonds is 4. The highest BCUT2D eigenvalue weighted by Gasteiger charge is 2.24. The van der Waals surface area contributed by atoms with E-state index in [4.69, 9.17) is 6.42 Å². The second-order valence-corrected chi connectivity index (χ2v) is 7.16. The standard InChI is InChI=1S/C22H23N5O/c1-3-6-20(28)27-12-5-8-16(14-27)26-21-17-10-11-23-22(17)24-13-18(21)19-9-4-7-15(2)25-19/h1,4,7,9-11,13,16H,5-6,8,12,14H2,2H3,(H2,23,24,26)/t16-/m1/s1. The van der Waals surface area contributed by atoms with Crippen LogP contribution in [0.2, 0.25) is 0 Å². The molecule has 3 aromatic rings. The minimum absolute atomic E-state index is 0.0242. The van der Waals surface area contributed by atoms with Gasteiger partial charge in [-0.2, -0.15) is 0 Å². The average molecular weight is 373 g/mol. The number of amides is 1. The normalized spacial score (nSPS) is 16.7. The Balaban J connectivity index is 1.68. The van der Waals surface area contributed by atoms with Crippen LogP contribution < -0.4 is 5.32 Å². The van der Waals surface area contributed by atoms with Gasteiger partial charge in [-0.05, 0) is 38.0 Å². The number of H-pyrrole nitrogens is 1. The van der Waals surface area contributed by atoms with Gasteiger partial charge in [-0.3, -0.25) is 9.78 Å². The highest BCUT2D eigenvalue weighted by atomic mass is 16.2. The van der Waals surface area contributed by atoms with Gasteiger partial charge in [0.25, 0.3) is 0 Å². The number of aromatic amines is 1. The van der Waals surface area contributed by atoms with Crippen LogP contribution in [0.3, 0.4) is 0 Å². The summed E-state index contributed by atoms with van der Waals surface area (Å²) in [4.78, 5) is 26.5.